The minimum Gasteiger partial charge on any atom is -0.490 e. The lowest BCUT2D eigenvalue weighted by atomic mass is 9.99. The molecule has 7 nitrogen and oxygen atoms in total. The molecule has 36 heavy (non-hydrogen) atoms. The van der Waals surface area contributed by atoms with Gasteiger partial charge in [-0.05, 0) is 68.7 Å². The maximum absolute atomic E-state index is 13.2. The topological polar surface area (TPSA) is 77.1 Å². The smallest absolute Gasteiger partial charge is 0.255 e. The van der Waals surface area contributed by atoms with E-state index in [9.17, 15) is 9.59 Å². The van der Waals surface area contributed by atoms with E-state index in [-0.39, 0.29) is 11.8 Å². The monoisotopic (exact) mass is 488 g/mol. The number of fused-ring (bicyclic) bond motifs is 1. The van der Waals surface area contributed by atoms with E-state index in [2.05, 4.69) is 5.32 Å². The quantitative estimate of drug-likeness (QED) is 0.401. The molecular weight excluding hydrogens is 456 g/mol. The second kappa shape index (κ2) is 11.6. The number of carbonyl (C=O) groups is 2. The van der Waals surface area contributed by atoms with Crippen LogP contribution in [0.4, 0.5) is 11.4 Å². The van der Waals surface area contributed by atoms with Crippen molar-refractivity contribution in [3.8, 4) is 17.2 Å². The summed E-state index contributed by atoms with van der Waals surface area (Å²) in [4.78, 5) is 27.7. The molecule has 0 fully saturated rings. The SMILES string of the molecule is CCOc1cc(C(=O)Nc2ccc3c(c2)CCC(=O)N3Cc2ccccc2)cc(OCC)c1OCC. The Bertz CT molecular complexity index is 1200. The van der Waals surface area contributed by atoms with Crippen LogP contribution >= 0.6 is 0 Å². The lowest BCUT2D eigenvalue weighted by Crippen LogP contribution is -2.34. The highest BCUT2D eigenvalue weighted by Crippen LogP contribution is 2.39. The zero-order valence-corrected chi connectivity index (χ0v) is 21.0. The Balaban J connectivity index is 1.58. The van der Waals surface area contributed by atoms with Crippen molar-refractivity contribution in [2.75, 3.05) is 30.0 Å². The molecule has 1 heterocycles. The Morgan fingerprint density at radius 2 is 1.53 bits per heavy atom. The van der Waals surface area contributed by atoms with Gasteiger partial charge in [0.15, 0.2) is 11.5 Å². The standard InChI is InChI=1S/C29H32N2O5/c1-4-34-25-17-22(18-26(35-5-2)28(25)36-6-3)29(33)30-23-13-14-24-21(16-23)12-15-27(32)31(24)19-20-10-8-7-9-11-20/h7-11,13-14,16-18H,4-6,12,15,19H2,1-3H3,(H,30,33). The Morgan fingerprint density at radius 1 is 0.861 bits per heavy atom. The molecule has 0 aliphatic carbocycles. The van der Waals surface area contributed by atoms with E-state index in [4.69, 9.17) is 14.2 Å². The van der Waals surface area contributed by atoms with Crippen LogP contribution in [0, 0.1) is 0 Å². The molecule has 0 radical (unpaired) electrons. The van der Waals surface area contributed by atoms with E-state index in [1.165, 1.54) is 0 Å². The zero-order valence-electron chi connectivity index (χ0n) is 21.0. The summed E-state index contributed by atoms with van der Waals surface area (Å²) >= 11 is 0. The fraction of sp³-hybridized carbons (Fsp3) is 0.310. The first-order valence-corrected chi connectivity index (χ1v) is 12.4. The number of rotatable bonds is 10. The summed E-state index contributed by atoms with van der Waals surface area (Å²) in [5.74, 6) is 1.25. The van der Waals surface area contributed by atoms with Crippen molar-refractivity contribution in [1.82, 2.24) is 0 Å². The Kier molecular flexibility index (Phi) is 8.10. The lowest BCUT2D eigenvalue weighted by molar-refractivity contribution is -0.119. The van der Waals surface area contributed by atoms with E-state index in [0.717, 1.165) is 16.8 Å². The number of hydrogen-bond acceptors (Lipinski definition) is 5. The molecule has 3 aromatic carbocycles. The first-order valence-electron chi connectivity index (χ1n) is 12.4. The third-order valence-corrected chi connectivity index (χ3v) is 5.89. The predicted molar refractivity (Wildman–Crippen MR) is 140 cm³/mol. The number of aryl methyl sites for hydroxylation is 1. The maximum atomic E-state index is 13.2. The molecule has 0 spiro atoms. The third-order valence-electron chi connectivity index (χ3n) is 5.89. The van der Waals surface area contributed by atoms with Crippen LogP contribution in [-0.2, 0) is 17.8 Å². The van der Waals surface area contributed by atoms with Gasteiger partial charge in [-0.15, -0.1) is 0 Å². The summed E-state index contributed by atoms with van der Waals surface area (Å²) in [5.41, 5.74) is 4.05. The minimum absolute atomic E-state index is 0.101. The number of anilines is 2. The molecule has 0 bridgehead atoms. The van der Waals surface area contributed by atoms with Gasteiger partial charge in [-0.25, -0.2) is 0 Å². The average molecular weight is 489 g/mol. The minimum atomic E-state index is -0.284. The van der Waals surface area contributed by atoms with E-state index in [0.29, 0.717) is 67.7 Å². The van der Waals surface area contributed by atoms with Gasteiger partial charge < -0.3 is 24.4 Å². The van der Waals surface area contributed by atoms with Crippen molar-refractivity contribution >= 4 is 23.2 Å². The van der Waals surface area contributed by atoms with Crippen molar-refractivity contribution in [3.05, 3.63) is 77.4 Å². The second-order valence-corrected chi connectivity index (χ2v) is 8.36. The van der Waals surface area contributed by atoms with E-state index in [1.807, 2.05) is 74.2 Å². The van der Waals surface area contributed by atoms with Gasteiger partial charge in [0.05, 0.1) is 26.4 Å². The van der Waals surface area contributed by atoms with Crippen molar-refractivity contribution in [2.24, 2.45) is 0 Å². The summed E-state index contributed by atoms with van der Waals surface area (Å²) in [6.45, 7) is 7.47. The molecule has 0 saturated heterocycles. The van der Waals surface area contributed by atoms with Crippen LogP contribution < -0.4 is 24.4 Å². The molecule has 1 N–H and O–H groups in total. The maximum Gasteiger partial charge on any atom is 0.255 e. The van der Waals surface area contributed by atoms with Gasteiger partial charge in [0, 0.05) is 23.4 Å². The van der Waals surface area contributed by atoms with Crippen molar-refractivity contribution in [1.29, 1.82) is 0 Å². The molecule has 2 amide bonds. The highest BCUT2D eigenvalue weighted by Gasteiger charge is 2.25. The average Bonchev–Trinajstić information content (AvgIpc) is 2.88. The van der Waals surface area contributed by atoms with Crippen LogP contribution in [0.15, 0.2) is 60.7 Å². The van der Waals surface area contributed by atoms with Gasteiger partial charge in [-0.1, -0.05) is 30.3 Å². The molecule has 1 aliphatic rings. The van der Waals surface area contributed by atoms with Crippen molar-refractivity contribution in [2.45, 2.75) is 40.2 Å². The molecular formula is C29H32N2O5. The van der Waals surface area contributed by atoms with E-state index >= 15 is 0 Å². The fourth-order valence-electron chi connectivity index (χ4n) is 4.30. The molecule has 0 unspecified atom stereocenters. The van der Waals surface area contributed by atoms with Gasteiger partial charge in [-0.2, -0.15) is 0 Å². The molecule has 188 valence electrons. The number of amides is 2. The summed E-state index contributed by atoms with van der Waals surface area (Å²) in [6, 6.07) is 18.9. The zero-order chi connectivity index (χ0) is 25.5. The third kappa shape index (κ3) is 5.62. The van der Waals surface area contributed by atoms with Crippen LogP contribution in [0.2, 0.25) is 0 Å². The Morgan fingerprint density at radius 3 is 2.17 bits per heavy atom. The number of ether oxygens (including phenoxy) is 3. The number of nitrogens with one attached hydrogen (secondary N) is 1. The molecule has 3 aromatic rings. The van der Waals surface area contributed by atoms with Gasteiger partial charge in [0.2, 0.25) is 11.7 Å². The molecule has 0 saturated carbocycles. The van der Waals surface area contributed by atoms with Crippen LogP contribution in [0.3, 0.4) is 0 Å². The van der Waals surface area contributed by atoms with Gasteiger partial charge >= 0.3 is 0 Å². The number of benzene rings is 3. The Labute approximate surface area is 212 Å². The highest BCUT2D eigenvalue weighted by atomic mass is 16.5. The summed E-state index contributed by atoms with van der Waals surface area (Å²) in [6.07, 6.45) is 1.07. The van der Waals surface area contributed by atoms with Crippen molar-refractivity contribution < 1.29 is 23.8 Å². The largest absolute Gasteiger partial charge is 0.490 e. The molecule has 0 aromatic heterocycles. The van der Waals surface area contributed by atoms with Crippen LogP contribution in [0.25, 0.3) is 0 Å². The fourth-order valence-corrected chi connectivity index (χ4v) is 4.30. The van der Waals surface area contributed by atoms with E-state index < -0.39 is 0 Å². The first kappa shape index (κ1) is 25.1. The van der Waals surface area contributed by atoms with Crippen molar-refractivity contribution in [3.63, 3.8) is 0 Å². The number of hydrogen-bond donors (Lipinski definition) is 1. The van der Waals surface area contributed by atoms with Gasteiger partial charge in [0.1, 0.15) is 0 Å². The molecule has 1 aliphatic heterocycles. The van der Waals surface area contributed by atoms with Crippen LogP contribution in [0.1, 0.15) is 48.7 Å². The summed E-state index contributed by atoms with van der Waals surface area (Å²) < 4.78 is 17.2. The van der Waals surface area contributed by atoms with E-state index in [1.54, 1.807) is 12.1 Å². The molecule has 0 atom stereocenters. The molecule has 7 heteroatoms. The summed E-state index contributed by atoms with van der Waals surface area (Å²) in [7, 11) is 0. The molecule has 4 rings (SSSR count). The normalized spacial score (nSPS) is 12.6. The lowest BCUT2D eigenvalue weighted by Gasteiger charge is -2.30. The highest BCUT2D eigenvalue weighted by molar-refractivity contribution is 6.05. The predicted octanol–water partition coefficient (Wildman–Crippen LogP) is 5.61. The number of carbonyl (C=O) groups excluding carboxylic acids is 2. The second-order valence-electron chi connectivity index (χ2n) is 8.36. The first-order chi connectivity index (χ1) is 17.5. The summed E-state index contributed by atoms with van der Waals surface area (Å²) in [5, 5.41) is 2.98. The Hall–Kier alpha value is -4.00. The van der Waals surface area contributed by atoms with Gasteiger partial charge in [-0.3, -0.25) is 9.59 Å². The number of nitrogens with zero attached hydrogens (tertiary/aromatic N) is 1. The van der Waals surface area contributed by atoms with Crippen LogP contribution in [-0.4, -0.2) is 31.6 Å². The van der Waals surface area contributed by atoms with Gasteiger partial charge in [0.25, 0.3) is 5.91 Å². The van der Waals surface area contributed by atoms with Crippen LogP contribution in [0.5, 0.6) is 17.2 Å².